The molecule has 0 aliphatic heterocycles. The van der Waals surface area contributed by atoms with Crippen molar-refractivity contribution in [3.8, 4) is 11.5 Å². The molecule has 0 spiro atoms. The standard InChI is InChI=1S/C16H17BrClNO2/c1-3-21-15-8-11(7-13(18)16(15)20)9-19-14-5-4-12(17)6-10(14)2/h4-8,19-20H,3,9H2,1-2H3. The number of ether oxygens (including phenoxy) is 1. The largest absolute Gasteiger partial charge is 0.503 e. The van der Waals surface area contributed by atoms with Gasteiger partial charge in [0.1, 0.15) is 0 Å². The van der Waals surface area contributed by atoms with Crippen molar-refractivity contribution < 1.29 is 9.84 Å². The van der Waals surface area contributed by atoms with Gasteiger partial charge in [-0.05, 0) is 55.3 Å². The number of nitrogens with one attached hydrogen (secondary N) is 1. The van der Waals surface area contributed by atoms with Gasteiger partial charge in [0, 0.05) is 16.7 Å². The zero-order chi connectivity index (χ0) is 15.4. The van der Waals surface area contributed by atoms with E-state index in [-0.39, 0.29) is 5.75 Å². The van der Waals surface area contributed by atoms with Gasteiger partial charge in [0.2, 0.25) is 0 Å². The summed E-state index contributed by atoms with van der Waals surface area (Å²) in [6.45, 7) is 4.99. The molecule has 0 amide bonds. The van der Waals surface area contributed by atoms with Gasteiger partial charge in [-0.3, -0.25) is 0 Å². The minimum Gasteiger partial charge on any atom is -0.503 e. The summed E-state index contributed by atoms with van der Waals surface area (Å²) in [5.74, 6) is 0.399. The van der Waals surface area contributed by atoms with Crippen LogP contribution in [-0.2, 0) is 6.54 Å². The highest BCUT2D eigenvalue weighted by Crippen LogP contribution is 2.35. The molecular formula is C16H17BrClNO2. The first kappa shape index (κ1) is 16.0. The van der Waals surface area contributed by atoms with E-state index in [0.29, 0.717) is 23.9 Å². The van der Waals surface area contributed by atoms with Crippen LogP contribution in [0.5, 0.6) is 11.5 Å². The molecule has 0 bridgehead atoms. The van der Waals surface area contributed by atoms with Gasteiger partial charge in [0.25, 0.3) is 0 Å². The van der Waals surface area contributed by atoms with Crippen molar-refractivity contribution in [2.45, 2.75) is 20.4 Å². The van der Waals surface area contributed by atoms with E-state index in [4.69, 9.17) is 16.3 Å². The van der Waals surface area contributed by atoms with Crippen molar-refractivity contribution in [3.05, 3.63) is 51.0 Å². The molecule has 0 aliphatic carbocycles. The van der Waals surface area contributed by atoms with Crippen LogP contribution >= 0.6 is 27.5 Å². The van der Waals surface area contributed by atoms with Crippen molar-refractivity contribution in [2.24, 2.45) is 0 Å². The van der Waals surface area contributed by atoms with E-state index < -0.39 is 0 Å². The van der Waals surface area contributed by atoms with Crippen molar-refractivity contribution in [1.29, 1.82) is 0 Å². The van der Waals surface area contributed by atoms with Gasteiger partial charge >= 0.3 is 0 Å². The summed E-state index contributed by atoms with van der Waals surface area (Å²) >= 11 is 9.47. The second kappa shape index (κ2) is 7.05. The van der Waals surface area contributed by atoms with Crippen LogP contribution in [0.4, 0.5) is 5.69 Å². The maximum atomic E-state index is 9.83. The maximum Gasteiger partial charge on any atom is 0.176 e. The third-order valence-corrected chi connectivity index (χ3v) is 3.84. The Hall–Kier alpha value is -1.39. The van der Waals surface area contributed by atoms with Crippen molar-refractivity contribution >= 4 is 33.2 Å². The Labute approximate surface area is 138 Å². The Morgan fingerprint density at radius 2 is 2.05 bits per heavy atom. The Morgan fingerprint density at radius 1 is 1.29 bits per heavy atom. The molecule has 2 N–H and O–H groups in total. The molecule has 0 saturated heterocycles. The van der Waals surface area contributed by atoms with E-state index in [0.717, 1.165) is 21.3 Å². The van der Waals surface area contributed by atoms with Gasteiger partial charge in [-0.1, -0.05) is 27.5 Å². The fourth-order valence-electron chi connectivity index (χ4n) is 2.02. The highest BCUT2D eigenvalue weighted by molar-refractivity contribution is 9.10. The number of aromatic hydroxyl groups is 1. The number of hydrogen-bond acceptors (Lipinski definition) is 3. The minimum atomic E-state index is -0.0120. The van der Waals surface area contributed by atoms with Crippen LogP contribution in [0.15, 0.2) is 34.8 Å². The second-order valence-corrected chi connectivity index (χ2v) is 5.99. The first-order valence-electron chi connectivity index (χ1n) is 6.65. The lowest BCUT2D eigenvalue weighted by atomic mass is 10.1. The first-order chi connectivity index (χ1) is 10.0. The molecule has 0 unspecified atom stereocenters. The molecule has 2 rings (SSSR count). The van der Waals surface area contributed by atoms with E-state index in [9.17, 15) is 5.11 Å². The normalized spacial score (nSPS) is 10.5. The fraction of sp³-hybridized carbons (Fsp3) is 0.250. The number of halogens is 2. The lowest BCUT2D eigenvalue weighted by Crippen LogP contribution is -2.02. The number of aryl methyl sites for hydroxylation is 1. The van der Waals surface area contributed by atoms with Gasteiger partial charge in [-0.25, -0.2) is 0 Å². The average Bonchev–Trinajstić information content (AvgIpc) is 2.43. The molecule has 0 heterocycles. The molecule has 0 atom stereocenters. The summed E-state index contributed by atoms with van der Waals surface area (Å²) in [6.07, 6.45) is 0. The molecule has 3 nitrogen and oxygen atoms in total. The van der Waals surface area contributed by atoms with Gasteiger partial charge in [-0.2, -0.15) is 0 Å². The molecule has 5 heteroatoms. The Bertz CT molecular complexity index is 646. The number of rotatable bonds is 5. The van der Waals surface area contributed by atoms with Crippen molar-refractivity contribution in [3.63, 3.8) is 0 Å². The Kier molecular flexibility index (Phi) is 5.37. The Morgan fingerprint density at radius 3 is 2.71 bits per heavy atom. The summed E-state index contributed by atoms with van der Waals surface area (Å²) in [5.41, 5.74) is 3.16. The summed E-state index contributed by atoms with van der Waals surface area (Å²) in [6, 6.07) is 9.60. The number of phenols is 1. The van der Waals surface area contributed by atoms with Gasteiger partial charge in [-0.15, -0.1) is 0 Å². The smallest absolute Gasteiger partial charge is 0.176 e. The minimum absolute atomic E-state index is 0.0120. The monoisotopic (exact) mass is 369 g/mol. The molecule has 21 heavy (non-hydrogen) atoms. The van der Waals surface area contributed by atoms with Crippen LogP contribution in [0.3, 0.4) is 0 Å². The molecule has 2 aromatic carbocycles. The van der Waals surface area contributed by atoms with E-state index >= 15 is 0 Å². The van der Waals surface area contributed by atoms with Gasteiger partial charge in [0.15, 0.2) is 11.5 Å². The van der Waals surface area contributed by atoms with Crippen molar-refractivity contribution in [1.82, 2.24) is 0 Å². The summed E-state index contributed by atoms with van der Waals surface area (Å²) < 4.78 is 6.43. The zero-order valence-electron chi connectivity index (χ0n) is 11.9. The second-order valence-electron chi connectivity index (χ2n) is 4.67. The van der Waals surface area contributed by atoms with Gasteiger partial charge < -0.3 is 15.2 Å². The molecule has 0 aromatic heterocycles. The van der Waals surface area contributed by atoms with Crippen LogP contribution in [0, 0.1) is 6.92 Å². The molecule has 0 saturated carbocycles. The molecule has 2 aromatic rings. The van der Waals surface area contributed by atoms with E-state index in [1.165, 1.54) is 0 Å². The lowest BCUT2D eigenvalue weighted by molar-refractivity contribution is 0.318. The van der Waals surface area contributed by atoms with Crippen LogP contribution in [-0.4, -0.2) is 11.7 Å². The van der Waals surface area contributed by atoms with E-state index in [2.05, 4.69) is 27.3 Å². The van der Waals surface area contributed by atoms with Crippen LogP contribution in [0.2, 0.25) is 5.02 Å². The molecule has 0 radical (unpaired) electrons. The maximum absolute atomic E-state index is 9.83. The quantitative estimate of drug-likeness (QED) is 0.767. The number of anilines is 1. The topological polar surface area (TPSA) is 41.5 Å². The van der Waals surface area contributed by atoms with Crippen LogP contribution in [0.25, 0.3) is 0 Å². The summed E-state index contributed by atoms with van der Waals surface area (Å²) in [7, 11) is 0. The van der Waals surface area contributed by atoms with Crippen molar-refractivity contribution in [2.75, 3.05) is 11.9 Å². The average molecular weight is 371 g/mol. The SMILES string of the molecule is CCOc1cc(CNc2ccc(Br)cc2C)cc(Cl)c1O. The predicted molar refractivity (Wildman–Crippen MR) is 90.5 cm³/mol. The first-order valence-corrected chi connectivity index (χ1v) is 7.82. The molecule has 0 aliphatic rings. The molecule has 112 valence electrons. The van der Waals surface area contributed by atoms with E-state index in [1.807, 2.05) is 26.0 Å². The molecule has 0 fully saturated rings. The highest BCUT2D eigenvalue weighted by atomic mass is 79.9. The Balaban J connectivity index is 2.16. The third-order valence-electron chi connectivity index (χ3n) is 3.06. The fourth-order valence-corrected chi connectivity index (χ4v) is 2.73. The third kappa shape index (κ3) is 4.05. The van der Waals surface area contributed by atoms with Crippen LogP contribution < -0.4 is 10.1 Å². The zero-order valence-corrected chi connectivity index (χ0v) is 14.3. The summed E-state index contributed by atoms with van der Waals surface area (Å²) in [4.78, 5) is 0. The highest BCUT2D eigenvalue weighted by Gasteiger charge is 2.09. The molecular weight excluding hydrogens is 354 g/mol. The lowest BCUT2D eigenvalue weighted by Gasteiger charge is -2.13. The van der Waals surface area contributed by atoms with E-state index in [1.54, 1.807) is 12.1 Å². The predicted octanol–water partition coefficient (Wildman–Crippen LogP) is 5.13. The van der Waals surface area contributed by atoms with Crippen LogP contribution in [0.1, 0.15) is 18.1 Å². The number of phenolic OH excluding ortho intramolecular Hbond substituents is 1. The summed E-state index contributed by atoms with van der Waals surface area (Å²) in [5, 5.41) is 13.5. The number of benzene rings is 2. The number of hydrogen-bond donors (Lipinski definition) is 2. The van der Waals surface area contributed by atoms with Gasteiger partial charge in [0.05, 0.1) is 11.6 Å².